The number of rotatable bonds is 9. The van der Waals surface area contributed by atoms with Crippen LogP contribution in [-0.2, 0) is 9.53 Å². The molecular weight excluding hydrogens is 378 g/mol. The topological polar surface area (TPSA) is 90.4 Å². The minimum absolute atomic E-state index is 0.0773. The number of nitrogens with zero attached hydrogens (tertiary/aromatic N) is 2. The first-order chi connectivity index (χ1) is 13.7. The van der Waals surface area contributed by atoms with Crippen molar-refractivity contribution in [1.29, 1.82) is 0 Å². The van der Waals surface area contributed by atoms with E-state index in [1.807, 2.05) is 37.3 Å². The normalized spacial score (nSPS) is 11.5. The molecule has 0 aliphatic rings. The van der Waals surface area contributed by atoms with E-state index < -0.39 is 0 Å². The fraction of sp³-hybridized carbons (Fsp3) is 0.200. The Kier molecular flexibility index (Phi) is 6.69. The van der Waals surface area contributed by atoms with Crippen molar-refractivity contribution in [2.24, 2.45) is 0 Å². The number of amides is 1. The van der Waals surface area contributed by atoms with Gasteiger partial charge in [0.25, 0.3) is 12.4 Å². The number of benzene rings is 1. The summed E-state index contributed by atoms with van der Waals surface area (Å²) in [5.41, 5.74) is 2.76. The summed E-state index contributed by atoms with van der Waals surface area (Å²) in [6.45, 7) is 2.61. The third-order valence-electron chi connectivity index (χ3n) is 4.03. The van der Waals surface area contributed by atoms with Crippen molar-refractivity contribution in [1.82, 2.24) is 9.97 Å². The molecule has 7 nitrogen and oxygen atoms in total. The van der Waals surface area contributed by atoms with Crippen LogP contribution in [0.3, 0.4) is 0 Å². The number of aromatic nitrogens is 2. The van der Waals surface area contributed by atoms with Gasteiger partial charge in [0.2, 0.25) is 5.88 Å². The van der Waals surface area contributed by atoms with Crippen LogP contribution in [0.15, 0.2) is 54.2 Å². The zero-order valence-electron chi connectivity index (χ0n) is 15.2. The molecule has 0 bridgehead atoms. The van der Waals surface area contributed by atoms with Gasteiger partial charge in [0.05, 0.1) is 23.4 Å². The van der Waals surface area contributed by atoms with Crippen LogP contribution in [0.4, 0.5) is 5.00 Å². The molecule has 0 aliphatic heterocycles. The van der Waals surface area contributed by atoms with Crippen molar-refractivity contribution in [2.45, 2.75) is 19.3 Å². The zero-order valence-corrected chi connectivity index (χ0v) is 16.0. The molecule has 0 fully saturated rings. The van der Waals surface area contributed by atoms with Gasteiger partial charge in [0, 0.05) is 18.2 Å². The van der Waals surface area contributed by atoms with Crippen LogP contribution in [0.5, 0.6) is 11.6 Å². The van der Waals surface area contributed by atoms with Gasteiger partial charge in [-0.1, -0.05) is 25.1 Å². The standard InChI is InChI=1S/C20H19N3O4S/c1-2-14(11-26-13-24)18-20(28-12-22-18)23-19(25)15-8-9-17(21-10-15)27-16-6-4-3-5-7-16/h3-10,12-14H,2,11H2,1H3,(H,23,25). The van der Waals surface area contributed by atoms with Crippen LogP contribution < -0.4 is 10.1 Å². The zero-order chi connectivity index (χ0) is 19.8. The van der Waals surface area contributed by atoms with Crippen molar-refractivity contribution in [3.8, 4) is 11.6 Å². The van der Waals surface area contributed by atoms with E-state index >= 15 is 0 Å². The summed E-state index contributed by atoms with van der Waals surface area (Å²) in [5, 5.41) is 3.49. The first-order valence-electron chi connectivity index (χ1n) is 8.70. The second kappa shape index (κ2) is 9.61. The summed E-state index contributed by atoms with van der Waals surface area (Å²) < 4.78 is 10.5. The molecule has 28 heavy (non-hydrogen) atoms. The van der Waals surface area contributed by atoms with Gasteiger partial charge in [0.15, 0.2) is 0 Å². The largest absolute Gasteiger partial charge is 0.467 e. The smallest absolute Gasteiger partial charge is 0.293 e. The van der Waals surface area contributed by atoms with Crippen LogP contribution in [0.1, 0.15) is 35.3 Å². The predicted molar refractivity (Wildman–Crippen MR) is 106 cm³/mol. The number of anilines is 1. The molecule has 1 unspecified atom stereocenters. The van der Waals surface area contributed by atoms with E-state index in [0.717, 1.165) is 6.42 Å². The quantitative estimate of drug-likeness (QED) is 0.543. The molecular formula is C20H19N3O4S. The predicted octanol–water partition coefficient (Wildman–Crippen LogP) is 4.25. The number of carbonyl (C=O) groups excluding carboxylic acids is 2. The molecule has 1 atom stereocenters. The summed E-state index contributed by atoms with van der Waals surface area (Å²) in [4.78, 5) is 31.5. The Morgan fingerprint density at radius 2 is 2.04 bits per heavy atom. The fourth-order valence-corrected chi connectivity index (χ4v) is 3.31. The Hall–Kier alpha value is -3.26. The average molecular weight is 397 g/mol. The number of carbonyl (C=O) groups is 2. The third kappa shape index (κ3) is 4.92. The average Bonchev–Trinajstić information content (AvgIpc) is 3.18. The number of hydrogen-bond acceptors (Lipinski definition) is 7. The van der Waals surface area contributed by atoms with Crippen LogP contribution in [-0.4, -0.2) is 29.0 Å². The molecule has 3 aromatic rings. The Morgan fingerprint density at radius 3 is 2.71 bits per heavy atom. The molecule has 2 heterocycles. The van der Waals surface area contributed by atoms with E-state index in [1.165, 1.54) is 17.5 Å². The molecule has 0 aliphatic carbocycles. The number of pyridine rings is 1. The Bertz CT molecular complexity index is 913. The molecule has 8 heteroatoms. The number of ether oxygens (including phenoxy) is 2. The van der Waals surface area contributed by atoms with E-state index in [0.29, 0.717) is 34.4 Å². The highest BCUT2D eigenvalue weighted by Crippen LogP contribution is 2.30. The molecule has 3 rings (SSSR count). The minimum Gasteiger partial charge on any atom is -0.467 e. The lowest BCUT2D eigenvalue weighted by molar-refractivity contribution is -0.129. The summed E-state index contributed by atoms with van der Waals surface area (Å²) in [6, 6.07) is 12.6. The molecule has 1 aromatic carbocycles. The van der Waals surface area contributed by atoms with Gasteiger partial charge in [-0.05, 0) is 24.6 Å². The molecule has 1 N–H and O–H groups in total. The molecule has 0 radical (unpaired) electrons. The van der Waals surface area contributed by atoms with Crippen molar-refractivity contribution in [3.05, 3.63) is 65.4 Å². The SMILES string of the molecule is CCC(COC=O)c1ncsc1NC(=O)c1ccc(Oc2ccccc2)nc1. The molecule has 1 amide bonds. The highest BCUT2D eigenvalue weighted by Gasteiger charge is 2.19. The maximum atomic E-state index is 12.6. The summed E-state index contributed by atoms with van der Waals surface area (Å²) in [5.74, 6) is 0.699. The lowest BCUT2D eigenvalue weighted by atomic mass is 10.0. The van der Waals surface area contributed by atoms with Gasteiger partial charge in [-0.2, -0.15) is 0 Å². The second-order valence-corrected chi connectivity index (χ2v) is 6.71. The number of para-hydroxylation sites is 1. The highest BCUT2D eigenvalue weighted by molar-refractivity contribution is 7.14. The van der Waals surface area contributed by atoms with Gasteiger partial charge >= 0.3 is 0 Å². The number of hydrogen-bond donors (Lipinski definition) is 1. The van der Waals surface area contributed by atoms with Crippen molar-refractivity contribution in [3.63, 3.8) is 0 Å². The summed E-state index contributed by atoms with van der Waals surface area (Å²) >= 11 is 1.32. The molecule has 2 aromatic heterocycles. The molecule has 0 saturated heterocycles. The van der Waals surface area contributed by atoms with E-state index in [9.17, 15) is 9.59 Å². The van der Waals surface area contributed by atoms with E-state index in [2.05, 4.69) is 15.3 Å². The maximum Gasteiger partial charge on any atom is 0.293 e. The molecule has 144 valence electrons. The molecule has 0 saturated carbocycles. The summed E-state index contributed by atoms with van der Waals surface area (Å²) in [7, 11) is 0. The van der Waals surface area contributed by atoms with Gasteiger partial charge < -0.3 is 14.8 Å². The van der Waals surface area contributed by atoms with Crippen LogP contribution >= 0.6 is 11.3 Å². The van der Waals surface area contributed by atoms with Crippen LogP contribution in [0, 0.1) is 0 Å². The third-order valence-corrected chi connectivity index (χ3v) is 4.79. The van der Waals surface area contributed by atoms with Crippen LogP contribution in [0.25, 0.3) is 0 Å². The fourth-order valence-electron chi connectivity index (χ4n) is 2.54. The van der Waals surface area contributed by atoms with Crippen molar-refractivity contribution in [2.75, 3.05) is 11.9 Å². The highest BCUT2D eigenvalue weighted by atomic mass is 32.1. The monoisotopic (exact) mass is 397 g/mol. The van der Waals surface area contributed by atoms with E-state index in [4.69, 9.17) is 9.47 Å². The first-order valence-corrected chi connectivity index (χ1v) is 9.58. The lowest BCUT2D eigenvalue weighted by Crippen LogP contribution is -2.15. The minimum atomic E-state index is -0.296. The number of thiazole rings is 1. The van der Waals surface area contributed by atoms with Crippen LogP contribution in [0.2, 0.25) is 0 Å². The number of nitrogens with one attached hydrogen (secondary N) is 1. The Balaban J connectivity index is 1.67. The van der Waals surface area contributed by atoms with Gasteiger partial charge in [0.1, 0.15) is 10.8 Å². The maximum absolute atomic E-state index is 12.6. The van der Waals surface area contributed by atoms with Crippen molar-refractivity contribution >= 4 is 28.7 Å². The first kappa shape index (κ1) is 19.5. The summed E-state index contributed by atoms with van der Waals surface area (Å²) in [6.07, 6.45) is 2.19. The Labute approximate surface area is 166 Å². The van der Waals surface area contributed by atoms with Gasteiger partial charge in [-0.15, -0.1) is 11.3 Å². The van der Waals surface area contributed by atoms with E-state index in [-0.39, 0.29) is 18.4 Å². The second-order valence-electron chi connectivity index (χ2n) is 5.86. The lowest BCUT2D eigenvalue weighted by Gasteiger charge is -2.13. The van der Waals surface area contributed by atoms with Gasteiger partial charge in [-0.3, -0.25) is 9.59 Å². The Morgan fingerprint density at radius 1 is 1.21 bits per heavy atom. The van der Waals surface area contributed by atoms with Crippen molar-refractivity contribution < 1.29 is 19.1 Å². The molecule has 0 spiro atoms. The van der Waals surface area contributed by atoms with Gasteiger partial charge in [-0.25, -0.2) is 9.97 Å². The van der Waals surface area contributed by atoms with E-state index in [1.54, 1.807) is 17.6 Å².